The summed E-state index contributed by atoms with van der Waals surface area (Å²) in [6.45, 7) is 0. The molecule has 0 unspecified atom stereocenters. The molecular weight excluding hydrogens is 200 g/mol. The molecular formula is C7H7F2NO2S. The molecule has 0 bridgehead atoms. The number of hydrogen-bond donors (Lipinski definition) is 1. The summed E-state index contributed by atoms with van der Waals surface area (Å²) in [6, 6.07) is 2.57. The quantitative estimate of drug-likeness (QED) is 0.778. The van der Waals surface area contributed by atoms with E-state index in [2.05, 4.69) is 5.14 Å². The van der Waals surface area contributed by atoms with Crippen LogP contribution in [-0.4, -0.2) is 8.42 Å². The van der Waals surface area contributed by atoms with Crippen LogP contribution in [0.15, 0.2) is 18.2 Å². The summed E-state index contributed by atoms with van der Waals surface area (Å²) in [4.78, 5) is 0. The van der Waals surface area contributed by atoms with Gasteiger partial charge in [0.15, 0.2) is 0 Å². The number of benzene rings is 1. The van der Waals surface area contributed by atoms with Gasteiger partial charge in [0.2, 0.25) is 10.0 Å². The molecule has 0 saturated heterocycles. The van der Waals surface area contributed by atoms with Gasteiger partial charge in [0.05, 0.1) is 5.75 Å². The molecule has 0 aliphatic heterocycles. The minimum Gasteiger partial charge on any atom is -0.228 e. The molecule has 0 radical (unpaired) electrons. The fraction of sp³-hybridized carbons (Fsp3) is 0.143. The van der Waals surface area contributed by atoms with Gasteiger partial charge in [-0.15, -0.1) is 0 Å². The van der Waals surface area contributed by atoms with Gasteiger partial charge >= 0.3 is 0 Å². The SMILES string of the molecule is NS(=O)(=O)Cc1cc(F)ccc1F. The highest BCUT2D eigenvalue weighted by atomic mass is 32.2. The second-order valence-electron chi connectivity index (χ2n) is 2.54. The zero-order valence-electron chi connectivity index (χ0n) is 6.50. The summed E-state index contributed by atoms with van der Waals surface area (Å²) in [5, 5.41) is 4.67. The lowest BCUT2D eigenvalue weighted by atomic mass is 10.2. The Hall–Kier alpha value is -1.01. The zero-order chi connectivity index (χ0) is 10.1. The summed E-state index contributed by atoms with van der Waals surface area (Å²) < 4.78 is 46.4. The van der Waals surface area contributed by atoms with Crippen LogP contribution in [0.4, 0.5) is 8.78 Å². The first-order valence-corrected chi connectivity index (χ1v) is 5.04. The minimum absolute atomic E-state index is 0.262. The Morgan fingerprint density at radius 1 is 1.31 bits per heavy atom. The molecule has 0 amide bonds. The molecule has 1 aromatic carbocycles. The van der Waals surface area contributed by atoms with E-state index in [4.69, 9.17) is 0 Å². The van der Waals surface area contributed by atoms with Crippen molar-refractivity contribution in [2.24, 2.45) is 5.14 Å². The van der Waals surface area contributed by atoms with Gasteiger partial charge in [-0.1, -0.05) is 0 Å². The Morgan fingerprint density at radius 2 is 1.92 bits per heavy atom. The molecule has 0 saturated carbocycles. The van der Waals surface area contributed by atoms with E-state index in [0.717, 1.165) is 18.2 Å². The molecule has 0 aliphatic rings. The molecule has 0 atom stereocenters. The highest BCUT2D eigenvalue weighted by molar-refractivity contribution is 7.88. The predicted molar refractivity (Wildman–Crippen MR) is 43.2 cm³/mol. The highest BCUT2D eigenvalue weighted by Crippen LogP contribution is 2.11. The predicted octanol–water partition coefficient (Wildman–Crippen LogP) is 0.753. The maximum atomic E-state index is 12.8. The Kier molecular flexibility index (Phi) is 2.63. The van der Waals surface area contributed by atoms with Crippen molar-refractivity contribution in [2.75, 3.05) is 0 Å². The summed E-state index contributed by atoms with van der Waals surface area (Å²) in [5.74, 6) is -2.17. The highest BCUT2D eigenvalue weighted by Gasteiger charge is 2.10. The fourth-order valence-corrected chi connectivity index (χ4v) is 1.53. The largest absolute Gasteiger partial charge is 0.228 e. The lowest BCUT2D eigenvalue weighted by Gasteiger charge is -2.00. The average Bonchev–Trinajstić information content (AvgIpc) is 1.94. The molecule has 72 valence electrons. The summed E-state index contributed by atoms with van der Waals surface area (Å²) >= 11 is 0. The van der Waals surface area contributed by atoms with Crippen molar-refractivity contribution in [3.63, 3.8) is 0 Å². The van der Waals surface area contributed by atoms with Crippen molar-refractivity contribution in [3.8, 4) is 0 Å². The van der Waals surface area contributed by atoms with Gasteiger partial charge in [0, 0.05) is 5.56 Å². The average molecular weight is 207 g/mol. The topological polar surface area (TPSA) is 60.2 Å². The number of sulfonamides is 1. The normalized spacial score (nSPS) is 11.6. The molecule has 1 rings (SSSR count). The monoisotopic (exact) mass is 207 g/mol. The third kappa shape index (κ3) is 3.08. The van der Waals surface area contributed by atoms with E-state index in [1.807, 2.05) is 0 Å². The molecule has 6 heteroatoms. The lowest BCUT2D eigenvalue weighted by molar-refractivity contribution is 0.579. The molecule has 0 spiro atoms. The first-order valence-electron chi connectivity index (χ1n) is 3.33. The minimum atomic E-state index is -3.82. The van der Waals surface area contributed by atoms with Gasteiger partial charge in [-0.3, -0.25) is 0 Å². The number of nitrogens with two attached hydrogens (primary N) is 1. The number of halogens is 2. The maximum Gasteiger partial charge on any atom is 0.213 e. The second-order valence-corrected chi connectivity index (χ2v) is 4.16. The second kappa shape index (κ2) is 3.39. The molecule has 1 aromatic rings. The van der Waals surface area contributed by atoms with Crippen LogP contribution in [-0.2, 0) is 15.8 Å². The van der Waals surface area contributed by atoms with Crippen LogP contribution >= 0.6 is 0 Å². The van der Waals surface area contributed by atoms with E-state index in [0.29, 0.717) is 0 Å². The summed E-state index contributed by atoms with van der Waals surface area (Å²) in [6.07, 6.45) is 0. The first-order chi connectivity index (χ1) is 5.88. The van der Waals surface area contributed by atoms with Gasteiger partial charge in [0.25, 0.3) is 0 Å². The molecule has 13 heavy (non-hydrogen) atoms. The van der Waals surface area contributed by atoms with Crippen LogP contribution < -0.4 is 5.14 Å². The van der Waals surface area contributed by atoms with Crippen molar-refractivity contribution in [1.82, 2.24) is 0 Å². The van der Waals surface area contributed by atoms with Crippen LogP contribution in [0.25, 0.3) is 0 Å². The Morgan fingerprint density at radius 3 is 2.46 bits per heavy atom. The zero-order valence-corrected chi connectivity index (χ0v) is 7.31. The van der Waals surface area contributed by atoms with Gasteiger partial charge in [-0.05, 0) is 18.2 Å². The van der Waals surface area contributed by atoms with Crippen LogP contribution in [0.5, 0.6) is 0 Å². The van der Waals surface area contributed by atoms with Crippen LogP contribution in [0, 0.1) is 11.6 Å². The van der Waals surface area contributed by atoms with E-state index in [-0.39, 0.29) is 5.56 Å². The number of primary sulfonamides is 1. The van der Waals surface area contributed by atoms with E-state index >= 15 is 0 Å². The molecule has 3 nitrogen and oxygen atoms in total. The maximum absolute atomic E-state index is 12.8. The van der Waals surface area contributed by atoms with E-state index in [1.165, 1.54) is 0 Å². The summed E-state index contributed by atoms with van der Waals surface area (Å²) in [7, 11) is -3.82. The van der Waals surface area contributed by atoms with Crippen molar-refractivity contribution in [3.05, 3.63) is 35.4 Å². The number of hydrogen-bond acceptors (Lipinski definition) is 2. The van der Waals surface area contributed by atoms with Crippen LogP contribution in [0.1, 0.15) is 5.56 Å². The fourth-order valence-electron chi connectivity index (χ4n) is 0.871. The van der Waals surface area contributed by atoms with E-state index < -0.39 is 27.4 Å². The smallest absolute Gasteiger partial charge is 0.213 e. The first kappa shape index (κ1) is 10.1. The molecule has 0 fully saturated rings. The van der Waals surface area contributed by atoms with Crippen molar-refractivity contribution < 1.29 is 17.2 Å². The van der Waals surface area contributed by atoms with Crippen molar-refractivity contribution in [1.29, 1.82) is 0 Å². The standard InChI is InChI=1S/C7H7F2NO2S/c8-6-1-2-7(9)5(3-6)4-13(10,11)12/h1-3H,4H2,(H2,10,11,12). The third-order valence-corrected chi connectivity index (χ3v) is 2.08. The van der Waals surface area contributed by atoms with Crippen molar-refractivity contribution in [2.45, 2.75) is 5.75 Å². The summed E-state index contributed by atoms with van der Waals surface area (Å²) in [5.41, 5.74) is -0.262. The van der Waals surface area contributed by atoms with E-state index in [9.17, 15) is 17.2 Å². The van der Waals surface area contributed by atoms with E-state index in [1.54, 1.807) is 0 Å². The van der Waals surface area contributed by atoms with Gasteiger partial charge in [0.1, 0.15) is 11.6 Å². The van der Waals surface area contributed by atoms with Crippen LogP contribution in [0.2, 0.25) is 0 Å². The lowest BCUT2D eigenvalue weighted by Crippen LogP contribution is -2.15. The molecule has 0 aliphatic carbocycles. The molecule has 0 aromatic heterocycles. The number of rotatable bonds is 2. The third-order valence-electron chi connectivity index (χ3n) is 1.36. The van der Waals surface area contributed by atoms with Crippen molar-refractivity contribution >= 4 is 10.0 Å². The molecule has 2 N–H and O–H groups in total. The molecule has 0 heterocycles. The van der Waals surface area contributed by atoms with Crippen LogP contribution in [0.3, 0.4) is 0 Å². The van der Waals surface area contributed by atoms with Gasteiger partial charge < -0.3 is 0 Å². The Balaban J connectivity index is 3.08. The Labute approximate surface area is 74.2 Å². The van der Waals surface area contributed by atoms with Gasteiger partial charge in [-0.25, -0.2) is 22.3 Å². The van der Waals surface area contributed by atoms with Gasteiger partial charge in [-0.2, -0.15) is 0 Å². The Bertz CT molecular complexity index is 417.